The van der Waals surface area contributed by atoms with E-state index in [0.717, 1.165) is 16.9 Å². The maximum atomic E-state index is 13.2. The standard InChI is InChI=1S/C21H22O2/c22-20-17-13-7-8-14-18(17)23-21(16-11-5-2-6-12-16)19(20)15-9-3-1-4-10-15/h1,3-4,7-10,13-14,16,19,21H,2,5-6,11-12H2/t19-,21-/m0/s1. The molecule has 23 heavy (non-hydrogen) atoms. The van der Waals surface area contributed by atoms with Gasteiger partial charge >= 0.3 is 0 Å². The summed E-state index contributed by atoms with van der Waals surface area (Å²) in [6.45, 7) is 0. The van der Waals surface area contributed by atoms with E-state index < -0.39 is 0 Å². The van der Waals surface area contributed by atoms with E-state index in [2.05, 4.69) is 12.1 Å². The molecule has 4 rings (SSSR count). The van der Waals surface area contributed by atoms with Crippen molar-refractivity contribution in [2.75, 3.05) is 0 Å². The predicted octanol–water partition coefficient (Wildman–Crippen LogP) is 4.99. The smallest absolute Gasteiger partial charge is 0.177 e. The minimum absolute atomic E-state index is 0.0277. The quantitative estimate of drug-likeness (QED) is 0.781. The minimum atomic E-state index is -0.172. The van der Waals surface area contributed by atoms with E-state index in [9.17, 15) is 4.79 Å². The Morgan fingerprint density at radius 1 is 0.826 bits per heavy atom. The van der Waals surface area contributed by atoms with Crippen molar-refractivity contribution in [1.82, 2.24) is 0 Å². The molecule has 2 aliphatic rings. The summed E-state index contributed by atoms with van der Waals surface area (Å²) in [7, 11) is 0. The largest absolute Gasteiger partial charge is 0.488 e. The second kappa shape index (κ2) is 6.19. The van der Waals surface area contributed by atoms with Crippen LogP contribution in [0.15, 0.2) is 54.6 Å². The fourth-order valence-electron chi connectivity index (χ4n) is 4.14. The van der Waals surface area contributed by atoms with Crippen LogP contribution in [-0.2, 0) is 0 Å². The van der Waals surface area contributed by atoms with Crippen LogP contribution in [0, 0.1) is 5.92 Å². The molecule has 0 aromatic heterocycles. The summed E-state index contributed by atoms with van der Waals surface area (Å²) in [5.41, 5.74) is 1.82. The number of hydrogen-bond donors (Lipinski definition) is 0. The van der Waals surface area contributed by atoms with Gasteiger partial charge in [-0.15, -0.1) is 0 Å². The molecule has 1 aliphatic carbocycles. The number of rotatable bonds is 2. The summed E-state index contributed by atoms with van der Waals surface area (Å²) in [5, 5.41) is 0. The molecule has 0 amide bonds. The lowest BCUT2D eigenvalue weighted by Crippen LogP contribution is -2.42. The molecule has 0 unspecified atom stereocenters. The van der Waals surface area contributed by atoms with E-state index in [0.29, 0.717) is 5.92 Å². The Balaban J connectivity index is 1.76. The van der Waals surface area contributed by atoms with Gasteiger partial charge in [0.2, 0.25) is 0 Å². The van der Waals surface area contributed by atoms with Gasteiger partial charge in [0, 0.05) is 0 Å². The van der Waals surface area contributed by atoms with E-state index >= 15 is 0 Å². The van der Waals surface area contributed by atoms with Crippen LogP contribution in [0.1, 0.15) is 53.9 Å². The Hall–Kier alpha value is -2.09. The lowest BCUT2D eigenvalue weighted by molar-refractivity contribution is 0.0541. The number of para-hydroxylation sites is 1. The van der Waals surface area contributed by atoms with Crippen LogP contribution < -0.4 is 4.74 Å². The van der Waals surface area contributed by atoms with Crippen LogP contribution >= 0.6 is 0 Å². The molecule has 118 valence electrons. The SMILES string of the molecule is O=C1c2ccccc2O[C@@H](C2CCCCC2)[C@H]1c1ccccc1. The summed E-state index contributed by atoms with van der Waals surface area (Å²) < 4.78 is 6.39. The lowest BCUT2D eigenvalue weighted by atomic mass is 9.74. The highest BCUT2D eigenvalue weighted by molar-refractivity contribution is 6.04. The number of fused-ring (bicyclic) bond motifs is 1. The molecule has 0 spiro atoms. The second-order valence-electron chi connectivity index (χ2n) is 6.73. The lowest BCUT2D eigenvalue weighted by Gasteiger charge is -2.39. The first-order valence-corrected chi connectivity index (χ1v) is 8.69. The van der Waals surface area contributed by atoms with Crippen molar-refractivity contribution in [3.8, 4) is 5.75 Å². The third kappa shape index (κ3) is 2.67. The van der Waals surface area contributed by atoms with Gasteiger partial charge in [-0.25, -0.2) is 0 Å². The fourth-order valence-corrected chi connectivity index (χ4v) is 4.14. The maximum Gasteiger partial charge on any atom is 0.177 e. The zero-order chi connectivity index (χ0) is 15.6. The Kier molecular flexibility index (Phi) is 3.90. The zero-order valence-corrected chi connectivity index (χ0v) is 13.3. The van der Waals surface area contributed by atoms with Crippen molar-refractivity contribution in [3.63, 3.8) is 0 Å². The van der Waals surface area contributed by atoms with Gasteiger partial charge in [0.15, 0.2) is 5.78 Å². The van der Waals surface area contributed by atoms with E-state index in [4.69, 9.17) is 4.74 Å². The molecule has 2 heteroatoms. The van der Waals surface area contributed by atoms with E-state index in [1.807, 2.05) is 42.5 Å². The Labute approximate surface area is 137 Å². The van der Waals surface area contributed by atoms with Crippen LogP contribution in [0.3, 0.4) is 0 Å². The van der Waals surface area contributed by atoms with Gasteiger partial charge in [-0.3, -0.25) is 4.79 Å². The number of carbonyl (C=O) groups excluding carboxylic acids is 1. The maximum absolute atomic E-state index is 13.2. The predicted molar refractivity (Wildman–Crippen MR) is 90.9 cm³/mol. The van der Waals surface area contributed by atoms with Crippen molar-refractivity contribution in [2.45, 2.75) is 44.1 Å². The molecule has 0 saturated heterocycles. The van der Waals surface area contributed by atoms with Crippen molar-refractivity contribution >= 4 is 5.78 Å². The van der Waals surface area contributed by atoms with Crippen LogP contribution in [0.5, 0.6) is 5.75 Å². The molecule has 2 aromatic rings. The topological polar surface area (TPSA) is 26.3 Å². The Bertz CT molecular complexity index is 686. The summed E-state index contributed by atoms with van der Waals surface area (Å²) in [6.07, 6.45) is 6.13. The van der Waals surface area contributed by atoms with Crippen molar-refractivity contribution in [3.05, 3.63) is 65.7 Å². The molecule has 1 aliphatic heterocycles. The molecule has 1 heterocycles. The highest BCUT2D eigenvalue weighted by Crippen LogP contribution is 2.42. The molecule has 2 aromatic carbocycles. The second-order valence-corrected chi connectivity index (χ2v) is 6.73. The van der Waals surface area contributed by atoms with Gasteiger partial charge in [0.1, 0.15) is 11.9 Å². The third-order valence-corrected chi connectivity index (χ3v) is 5.30. The van der Waals surface area contributed by atoms with Gasteiger partial charge in [-0.2, -0.15) is 0 Å². The number of hydrogen-bond acceptors (Lipinski definition) is 2. The summed E-state index contributed by atoms with van der Waals surface area (Å²) in [5.74, 6) is 1.29. The van der Waals surface area contributed by atoms with Crippen LogP contribution in [-0.4, -0.2) is 11.9 Å². The van der Waals surface area contributed by atoms with Crippen LogP contribution in [0.4, 0.5) is 0 Å². The minimum Gasteiger partial charge on any atom is -0.488 e. The molecule has 2 nitrogen and oxygen atoms in total. The molecule has 0 bridgehead atoms. The molecule has 0 N–H and O–H groups in total. The van der Waals surface area contributed by atoms with Crippen LogP contribution in [0.2, 0.25) is 0 Å². The third-order valence-electron chi connectivity index (χ3n) is 5.30. The van der Waals surface area contributed by atoms with E-state index in [-0.39, 0.29) is 17.8 Å². The molecule has 0 radical (unpaired) electrons. The average molecular weight is 306 g/mol. The van der Waals surface area contributed by atoms with Gasteiger partial charge in [-0.1, -0.05) is 61.7 Å². The summed E-state index contributed by atoms with van der Waals surface area (Å²) in [6, 6.07) is 17.9. The van der Waals surface area contributed by atoms with Crippen molar-refractivity contribution in [2.24, 2.45) is 5.92 Å². The first kappa shape index (κ1) is 14.5. The Morgan fingerprint density at radius 2 is 1.52 bits per heavy atom. The normalized spacial score (nSPS) is 24.8. The van der Waals surface area contributed by atoms with Gasteiger partial charge < -0.3 is 4.74 Å². The van der Waals surface area contributed by atoms with Gasteiger partial charge in [0.25, 0.3) is 0 Å². The van der Waals surface area contributed by atoms with Crippen molar-refractivity contribution in [1.29, 1.82) is 0 Å². The first-order chi connectivity index (χ1) is 11.3. The van der Waals surface area contributed by atoms with E-state index in [1.165, 1.54) is 32.1 Å². The highest BCUT2D eigenvalue weighted by Gasteiger charge is 2.42. The van der Waals surface area contributed by atoms with Crippen molar-refractivity contribution < 1.29 is 9.53 Å². The molecular formula is C21H22O2. The van der Waals surface area contributed by atoms with Gasteiger partial charge in [0.05, 0.1) is 11.5 Å². The zero-order valence-electron chi connectivity index (χ0n) is 13.3. The first-order valence-electron chi connectivity index (χ1n) is 8.69. The van der Waals surface area contributed by atoms with Gasteiger partial charge in [-0.05, 0) is 36.5 Å². The molecule has 1 saturated carbocycles. The molecule has 1 fully saturated rings. The highest BCUT2D eigenvalue weighted by atomic mass is 16.5. The van der Waals surface area contributed by atoms with E-state index in [1.54, 1.807) is 0 Å². The Morgan fingerprint density at radius 3 is 2.30 bits per heavy atom. The molecular weight excluding hydrogens is 284 g/mol. The fraction of sp³-hybridized carbons (Fsp3) is 0.381. The number of Topliss-reactive ketones (excluding diaryl/α,β-unsaturated/α-hetero) is 1. The monoisotopic (exact) mass is 306 g/mol. The number of ether oxygens (including phenoxy) is 1. The summed E-state index contributed by atoms with van der Waals surface area (Å²) >= 11 is 0. The van der Waals surface area contributed by atoms with Crippen LogP contribution in [0.25, 0.3) is 0 Å². The average Bonchev–Trinajstić information content (AvgIpc) is 2.63. The molecule has 2 atom stereocenters. The number of ketones is 1. The number of benzene rings is 2. The number of carbonyl (C=O) groups is 1. The summed E-state index contributed by atoms with van der Waals surface area (Å²) in [4.78, 5) is 13.2.